The molecule has 3 aromatic carbocycles. The zero-order valence-corrected chi connectivity index (χ0v) is 25.3. The smallest absolute Gasteiger partial charge is 0.410 e. The molecule has 0 unspecified atom stereocenters. The van der Waals surface area contributed by atoms with E-state index in [2.05, 4.69) is 15.3 Å². The Hall–Kier alpha value is -3.10. The van der Waals surface area contributed by atoms with Gasteiger partial charge in [0, 0.05) is 34.6 Å². The molecule has 214 valence electrons. The third-order valence-corrected chi connectivity index (χ3v) is 7.77. The van der Waals surface area contributed by atoms with Gasteiger partial charge in [0.25, 0.3) is 0 Å². The van der Waals surface area contributed by atoms with E-state index in [0.717, 1.165) is 0 Å². The van der Waals surface area contributed by atoms with Crippen molar-refractivity contribution in [2.24, 2.45) is 0 Å². The lowest BCUT2D eigenvalue weighted by atomic mass is 9.80. The Morgan fingerprint density at radius 1 is 0.878 bits per heavy atom. The predicted molar refractivity (Wildman–Crippen MR) is 164 cm³/mol. The van der Waals surface area contributed by atoms with E-state index in [-0.39, 0.29) is 17.4 Å². The Kier molecular flexibility index (Phi) is 8.35. The van der Waals surface area contributed by atoms with Crippen LogP contribution < -0.4 is 5.32 Å². The number of carbonyl (C=O) groups is 1. The highest BCUT2D eigenvalue weighted by Gasteiger charge is 2.35. The van der Waals surface area contributed by atoms with Gasteiger partial charge >= 0.3 is 6.09 Å². The topological polar surface area (TPSA) is 87.6 Å². The van der Waals surface area contributed by atoms with Crippen LogP contribution in [0.4, 0.5) is 10.6 Å². The highest BCUT2D eigenvalue weighted by molar-refractivity contribution is 6.31. The van der Waals surface area contributed by atoms with Gasteiger partial charge < -0.3 is 20.1 Å². The molecule has 1 saturated heterocycles. The van der Waals surface area contributed by atoms with Crippen LogP contribution >= 0.6 is 34.8 Å². The Labute approximate surface area is 254 Å². The summed E-state index contributed by atoms with van der Waals surface area (Å²) in [7, 11) is 0. The molecule has 0 atom stereocenters. The number of piperidine rings is 1. The van der Waals surface area contributed by atoms with Crippen molar-refractivity contribution >= 4 is 57.6 Å². The maximum atomic E-state index is 12.5. The Morgan fingerprint density at radius 2 is 1.41 bits per heavy atom. The average molecular weight is 614 g/mol. The first-order valence-electron chi connectivity index (χ1n) is 13.4. The molecule has 1 aliphatic rings. The molecule has 2 heterocycles. The molecule has 5 rings (SSSR count). The molecule has 0 bridgehead atoms. The number of fused-ring (bicyclic) bond motifs is 1. The molecule has 41 heavy (non-hydrogen) atoms. The number of likely N-dealkylation sites (tertiary alicyclic amines) is 1. The first-order valence-corrected chi connectivity index (χ1v) is 14.5. The number of amides is 1. The lowest BCUT2D eigenvalue weighted by Gasteiger charge is -2.34. The van der Waals surface area contributed by atoms with E-state index in [1.807, 2.05) is 39.0 Å². The van der Waals surface area contributed by atoms with Crippen molar-refractivity contribution in [3.8, 4) is 0 Å². The first-order chi connectivity index (χ1) is 19.4. The fourth-order valence-corrected chi connectivity index (χ4v) is 5.47. The summed E-state index contributed by atoms with van der Waals surface area (Å²) in [5.74, 6) is 0.562. The van der Waals surface area contributed by atoms with Gasteiger partial charge in [-0.1, -0.05) is 53.5 Å². The second-order valence-corrected chi connectivity index (χ2v) is 12.4. The van der Waals surface area contributed by atoms with E-state index in [1.54, 1.807) is 53.4 Å². The lowest BCUT2D eigenvalue weighted by Crippen LogP contribution is -2.44. The number of aliphatic hydroxyl groups is 1. The highest BCUT2D eigenvalue weighted by atomic mass is 35.5. The van der Waals surface area contributed by atoms with E-state index in [1.165, 1.54) is 0 Å². The normalized spacial score (nSPS) is 14.8. The molecule has 1 aromatic heterocycles. The number of nitrogens with one attached hydrogen (secondary N) is 1. The molecule has 0 radical (unpaired) electrons. The van der Waals surface area contributed by atoms with Crippen LogP contribution in [0.3, 0.4) is 0 Å². The van der Waals surface area contributed by atoms with Gasteiger partial charge in [0.05, 0.1) is 5.52 Å². The highest BCUT2D eigenvalue weighted by Crippen LogP contribution is 2.39. The van der Waals surface area contributed by atoms with Crippen LogP contribution in [0.5, 0.6) is 0 Å². The van der Waals surface area contributed by atoms with Gasteiger partial charge in [-0.05, 0) is 98.3 Å². The zero-order chi connectivity index (χ0) is 29.4. The second-order valence-electron chi connectivity index (χ2n) is 11.2. The minimum absolute atomic E-state index is 0.0536. The van der Waals surface area contributed by atoms with Crippen LogP contribution in [0.25, 0.3) is 10.9 Å². The number of nitrogens with zero attached hydrogens (tertiary/aromatic N) is 3. The molecule has 1 fully saturated rings. The Morgan fingerprint density at radius 3 is 1.95 bits per heavy atom. The summed E-state index contributed by atoms with van der Waals surface area (Å²) < 4.78 is 5.53. The van der Waals surface area contributed by atoms with Crippen molar-refractivity contribution in [2.75, 3.05) is 18.4 Å². The van der Waals surface area contributed by atoms with Gasteiger partial charge in [0.15, 0.2) is 0 Å². The summed E-state index contributed by atoms with van der Waals surface area (Å²) in [6.45, 7) is 6.69. The van der Waals surface area contributed by atoms with Crippen LogP contribution in [-0.2, 0) is 10.3 Å². The van der Waals surface area contributed by atoms with E-state index in [4.69, 9.17) is 39.5 Å². The van der Waals surface area contributed by atoms with Gasteiger partial charge in [-0.3, -0.25) is 0 Å². The number of anilines is 1. The fourth-order valence-electron chi connectivity index (χ4n) is 5.04. The molecule has 0 spiro atoms. The standard InChI is InChI=1S/C31H31Cl3N4O3/c1-30(2,3)41-29(39)38-16-14-24(15-17-38)35-27-25-18-21(8-13-26(25)36-28(34)37-27)31(40,19-4-9-22(32)10-5-19)20-6-11-23(33)12-7-20/h4-13,18,24,40H,14-17H2,1-3H3,(H,35,36,37). The molecule has 7 nitrogen and oxygen atoms in total. The van der Waals surface area contributed by atoms with Crippen LogP contribution in [0, 0.1) is 0 Å². The van der Waals surface area contributed by atoms with Crippen molar-refractivity contribution in [1.29, 1.82) is 0 Å². The number of hydrogen-bond donors (Lipinski definition) is 2. The third kappa shape index (κ3) is 6.54. The third-order valence-electron chi connectivity index (χ3n) is 7.10. The maximum Gasteiger partial charge on any atom is 0.410 e. The number of benzene rings is 3. The summed E-state index contributed by atoms with van der Waals surface area (Å²) in [6.07, 6.45) is 1.11. The summed E-state index contributed by atoms with van der Waals surface area (Å²) in [6, 6.07) is 19.8. The minimum atomic E-state index is -1.51. The monoisotopic (exact) mass is 612 g/mol. The van der Waals surface area contributed by atoms with E-state index in [9.17, 15) is 9.90 Å². The number of rotatable bonds is 5. The summed E-state index contributed by atoms with van der Waals surface area (Å²) in [5, 5.41) is 17.8. The van der Waals surface area contributed by atoms with E-state index in [0.29, 0.717) is 69.4 Å². The van der Waals surface area contributed by atoms with Crippen molar-refractivity contribution < 1.29 is 14.6 Å². The van der Waals surface area contributed by atoms with Crippen molar-refractivity contribution in [3.63, 3.8) is 0 Å². The first kappa shape index (κ1) is 29.4. The number of aromatic nitrogens is 2. The van der Waals surface area contributed by atoms with Gasteiger partial charge in [-0.25, -0.2) is 14.8 Å². The quantitative estimate of drug-likeness (QED) is 0.177. The van der Waals surface area contributed by atoms with Crippen LogP contribution in [0.15, 0.2) is 66.7 Å². The molecule has 4 aromatic rings. The molecule has 1 aliphatic heterocycles. The molecular weight excluding hydrogens is 583 g/mol. The molecule has 0 saturated carbocycles. The maximum absolute atomic E-state index is 12.5. The Balaban J connectivity index is 1.48. The van der Waals surface area contributed by atoms with Crippen LogP contribution in [-0.4, -0.2) is 50.8 Å². The van der Waals surface area contributed by atoms with Crippen molar-refractivity contribution in [2.45, 2.75) is 50.9 Å². The van der Waals surface area contributed by atoms with E-state index >= 15 is 0 Å². The summed E-state index contributed by atoms with van der Waals surface area (Å²) in [4.78, 5) is 23.2. The fraction of sp³-hybridized carbons (Fsp3) is 0.323. The van der Waals surface area contributed by atoms with Crippen LogP contribution in [0.1, 0.15) is 50.3 Å². The average Bonchev–Trinajstić information content (AvgIpc) is 2.92. The number of ether oxygens (including phenoxy) is 1. The van der Waals surface area contributed by atoms with Crippen molar-refractivity contribution in [3.05, 3.63) is 98.7 Å². The molecular formula is C31H31Cl3N4O3. The van der Waals surface area contributed by atoms with Gasteiger partial charge in [-0.2, -0.15) is 0 Å². The summed E-state index contributed by atoms with van der Waals surface area (Å²) >= 11 is 18.7. The van der Waals surface area contributed by atoms with E-state index < -0.39 is 11.2 Å². The van der Waals surface area contributed by atoms with Crippen LogP contribution in [0.2, 0.25) is 15.3 Å². The van der Waals surface area contributed by atoms with Gasteiger partial charge in [-0.15, -0.1) is 0 Å². The second kappa shape index (κ2) is 11.6. The molecule has 0 aliphatic carbocycles. The predicted octanol–water partition coefficient (Wildman–Crippen LogP) is 7.69. The summed E-state index contributed by atoms with van der Waals surface area (Å²) in [5.41, 5.74) is 0.477. The minimum Gasteiger partial charge on any atom is -0.444 e. The van der Waals surface area contributed by atoms with Gasteiger partial charge in [0.2, 0.25) is 5.28 Å². The largest absolute Gasteiger partial charge is 0.444 e. The molecule has 1 amide bonds. The number of hydrogen-bond acceptors (Lipinski definition) is 6. The molecule has 2 N–H and O–H groups in total. The Bertz CT molecular complexity index is 1500. The van der Waals surface area contributed by atoms with Gasteiger partial charge in [0.1, 0.15) is 17.0 Å². The zero-order valence-electron chi connectivity index (χ0n) is 23.0. The SMILES string of the molecule is CC(C)(C)OC(=O)N1CCC(Nc2nc(Cl)nc3ccc(C(O)(c4ccc(Cl)cc4)c4ccc(Cl)cc4)cc23)CC1. The number of carbonyl (C=O) groups excluding carboxylic acids is 1. The lowest BCUT2D eigenvalue weighted by molar-refractivity contribution is 0.0210. The molecule has 10 heteroatoms. The number of halogens is 3. The van der Waals surface area contributed by atoms with Crippen molar-refractivity contribution in [1.82, 2.24) is 14.9 Å².